The normalized spacial score (nSPS) is 13.2. The molecule has 1 saturated carbocycles. The molecule has 7 heteroatoms. The first-order valence-corrected chi connectivity index (χ1v) is 9.01. The Labute approximate surface area is 161 Å². The molecule has 2 amide bonds. The SMILES string of the molecule is O=C(COc1cc(Cl)ccc1Cl)NCc1cccc(NC(=O)C2CC2)c1. The van der Waals surface area contributed by atoms with E-state index in [1.165, 1.54) is 0 Å². The number of hydrogen-bond acceptors (Lipinski definition) is 3. The Kier molecular flexibility index (Phi) is 6.01. The van der Waals surface area contributed by atoms with E-state index in [1.54, 1.807) is 18.2 Å². The zero-order chi connectivity index (χ0) is 18.5. The van der Waals surface area contributed by atoms with E-state index < -0.39 is 0 Å². The molecule has 2 aromatic carbocycles. The van der Waals surface area contributed by atoms with Crippen LogP contribution in [0.5, 0.6) is 5.75 Å². The van der Waals surface area contributed by atoms with E-state index in [-0.39, 0.29) is 24.3 Å². The maximum Gasteiger partial charge on any atom is 0.258 e. The van der Waals surface area contributed by atoms with Crippen LogP contribution in [0.25, 0.3) is 0 Å². The molecule has 3 rings (SSSR count). The molecule has 0 atom stereocenters. The van der Waals surface area contributed by atoms with Gasteiger partial charge in [0.1, 0.15) is 5.75 Å². The Morgan fingerprint density at radius 3 is 2.69 bits per heavy atom. The van der Waals surface area contributed by atoms with Crippen molar-refractivity contribution >= 4 is 40.7 Å². The molecule has 2 aromatic rings. The summed E-state index contributed by atoms with van der Waals surface area (Å²) in [5, 5.41) is 6.52. The molecule has 0 radical (unpaired) electrons. The van der Waals surface area contributed by atoms with Crippen LogP contribution in [-0.4, -0.2) is 18.4 Å². The van der Waals surface area contributed by atoms with Crippen LogP contribution in [0.4, 0.5) is 5.69 Å². The van der Waals surface area contributed by atoms with E-state index >= 15 is 0 Å². The van der Waals surface area contributed by atoms with E-state index in [0.717, 1.165) is 24.1 Å². The Bertz CT molecular complexity index is 822. The summed E-state index contributed by atoms with van der Waals surface area (Å²) in [7, 11) is 0. The number of rotatable bonds is 7. The second-order valence-corrected chi connectivity index (χ2v) is 6.95. The molecule has 0 bridgehead atoms. The van der Waals surface area contributed by atoms with Crippen LogP contribution < -0.4 is 15.4 Å². The van der Waals surface area contributed by atoms with Gasteiger partial charge >= 0.3 is 0 Å². The fourth-order valence-corrected chi connectivity index (χ4v) is 2.67. The van der Waals surface area contributed by atoms with Gasteiger partial charge in [0.2, 0.25) is 5.91 Å². The quantitative estimate of drug-likeness (QED) is 0.746. The molecular formula is C19H18Cl2N2O3. The average Bonchev–Trinajstić information content (AvgIpc) is 3.46. The van der Waals surface area contributed by atoms with Gasteiger partial charge in [-0.25, -0.2) is 0 Å². The van der Waals surface area contributed by atoms with Crippen molar-refractivity contribution in [2.24, 2.45) is 5.92 Å². The Morgan fingerprint density at radius 1 is 1.12 bits per heavy atom. The predicted molar refractivity (Wildman–Crippen MR) is 102 cm³/mol. The van der Waals surface area contributed by atoms with Crippen molar-refractivity contribution in [1.29, 1.82) is 0 Å². The second kappa shape index (κ2) is 8.43. The Balaban J connectivity index is 1.48. The maximum absolute atomic E-state index is 12.0. The number of carbonyl (C=O) groups excluding carboxylic acids is 2. The highest BCUT2D eigenvalue weighted by Crippen LogP contribution is 2.30. The minimum absolute atomic E-state index is 0.0537. The van der Waals surface area contributed by atoms with Gasteiger partial charge in [0.15, 0.2) is 6.61 Å². The number of amides is 2. The third kappa shape index (κ3) is 5.38. The molecule has 0 spiro atoms. The van der Waals surface area contributed by atoms with Gasteiger partial charge in [0.25, 0.3) is 5.91 Å². The fourth-order valence-electron chi connectivity index (χ4n) is 2.33. The number of nitrogens with one attached hydrogen (secondary N) is 2. The predicted octanol–water partition coefficient (Wildman–Crippen LogP) is 4.04. The summed E-state index contributed by atoms with van der Waals surface area (Å²) < 4.78 is 5.39. The molecule has 0 unspecified atom stereocenters. The first-order valence-electron chi connectivity index (χ1n) is 8.25. The number of benzene rings is 2. The summed E-state index contributed by atoms with van der Waals surface area (Å²) in [6.45, 7) is 0.163. The summed E-state index contributed by atoms with van der Waals surface area (Å²) >= 11 is 11.9. The molecule has 0 saturated heterocycles. The lowest BCUT2D eigenvalue weighted by atomic mass is 10.2. The lowest BCUT2D eigenvalue weighted by Gasteiger charge is -2.10. The van der Waals surface area contributed by atoms with Gasteiger partial charge in [-0.05, 0) is 42.7 Å². The van der Waals surface area contributed by atoms with E-state index in [0.29, 0.717) is 22.3 Å². The first-order chi connectivity index (χ1) is 12.5. The van der Waals surface area contributed by atoms with E-state index in [1.807, 2.05) is 24.3 Å². The number of anilines is 1. The van der Waals surface area contributed by atoms with Crippen LogP contribution in [0.3, 0.4) is 0 Å². The van der Waals surface area contributed by atoms with Crippen LogP contribution in [-0.2, 0) is 16.1 Å². The molecule has 1 fully saturated rings. The first kappa shape index (κ1) is 18.5. The topological polar surface area (TPSA) is 67.4 Å². The summed E-state index contributed by atoms with van der Waals surface area (Å²) in [5.41, 5.74) is 1.61. The minimum Gasteiger partial charge on any atom is -0.482 e. The molecule has 0 aliphatic heterocycles. The highest BCUT2D eigenvalue weighted by molar-refractivity contribution is 6.34. The smallest absolute Gasteiger partial charge is 0.258 e. The van der Waals surface area contributed by atoms with Crippen molar-refractivity contribution in [3.8, 4) is 5.75 Å². The molecule has 0 heterocycles. The number of hydrogen-bond donors (Lipinski definition) is 2. The Hall–Kier alpha value is -2.24. The summed E-state index contributed by atoms with van der Waals surface area (Å²) in [4.78, 5) is 23.8. The standard InChI is InChI=1S/C19H18Cl2N2O3/c20-14-6-7-16(21)17(9-14)26-11-18(24)22-10-12-2-1-3-15(8-12)23-19(25)13-4-5-13/h1-3,6-9,13H,4-5,10-11H2,(H,22,24)(H,23,25). The van der Waals surface area contributed by atoms with Crippen molar-refractivity contribution in [2.75, 3.05) is 11.9 Å². The van der Waals surface area contributed by atoms with Crippen molar-refractivity contribution in [2.45, 2.75) is 19.4 Å². The zero-order valence-electron chi connectivity index (χ0n) is 13.9. The largest absolute Gasteiger partial charge is 0.482 e. The third-order valence-electron chi connectivity index (χ3n) is 3.88. The van der Waals surface area contributed by atoms with E-state index in [4.69, 9.17) is 27.9 Å². The van der Waals surface area contributed by atoms with Crippen LogP contribution >= 0.6 is 23.2 Å². The van der Waals surface area contributed by atoms with E-state index in [9.17, 15) is 9.59 Å². The number of ether oxygens (including phenoxy) is 1. The monoisotopic (exact) mass is 392 g/mol. The van der Waals surface area contributed by atoms with Gasteiger partial charge in [-0.3, -0.25) is 9.59 Å². The van der Waals surface area contributed by atoms with Gasteiger partial charge < -0.3 is 15.4 Å². The fraction of sp³-hybridized carbons (Fsp3) is 0.263. The van der Waals surface area contributed by atoms with Gasteiger partial charge in [-0.2, -0.15) is 0 Å². The maximum atomic E-state index is 12.0. The lowest BCUT2D eigenvalue weighted by molar-refractivity contribution is -0.123. The molecule has 5 nitrogen and oxygen atoms in total. The average molecular weight is 393 g/mol. The highest BCUT2D eigenvalue weighted by atomic mass is 35.5. The van der Waals surface area contributed by atoms with Gasteiger partial charge in [-0.1, -0.05) is 35.3 Å². The minimum atomic E-state index is -0.284. The summed E-state index contributed by atoms with van der Waals surface area (Å²) in [6, 6.07) is 12.2. The van der Waals surface area contributed by atoms with Gasteiger partial charge in [-0.15, -0.1) is 0 Å². The summed E-state index contributed by atoms with van der Waals surface area (Å²) in [5.74, 6) is 0.277. The van der Waals surface area contributed by atoms with Crippen molar-refractivity contribution in [3.05, 3.63) is 58.1 Å². The van der Waals surface area contributed by atoms with Crippen LogP contribution in [0.15, 0.2) is 42.5 Å². The molecule has 0 aromatic heterocycles. The molecular weight excluding hydrogens is 375 g/mol. The van der Waals surface area contributed by atoms with Crippen LogP contribution in [0.2, 0.25) is 10.0 Å². The highest BCUT2D eigenvalue weighted by Gasteiger charge is 2.29. The van der Waals surface area contributed by atoms with Gasteiger partial charge in [0, 0.05) is 29.2 Å². The van der Waals surface area contributed by atoms with Crippen molar-refractivity contribution in [3.63, 3.8) is 0 Å². The number of halogens is 2. The molecule has 1 aliphatic rings. The van der Waals surface area contributed by atoms with Crippen molar-refractivity contribution in [1.82, 2.24) is 5.32 Å². The zero-order valence-corrected chi connectivity index (χ0v) is 15.4. The molecule has 2 N–H and O–H groups in total. The number of carbonyl (C=O) groups is 2. The molecule has 1 aliphatic carbocycles. The Morgan fingerprint density at radius 2 is 1.92 bits per heavy atom. The second-order valence-electron chi connectivity index (χ2n) is 6.10. The van der Waals surface area contributed by atoms with Crippen LogP contribution in [0.1, 0.15) is 18.4 Å². The van der Waals surface area contributed by atoms with Crippen molar-refractivity contribution < 1.29 is 14.3 Å². The molecule has 136 valence electrons. The summed E-state index contributed by atoms with van der Waals surface area (Å²) in [6.07, 6.45) is 1.91. The molecule has 26 heavy (non-hydrogen) atoms. The van der Waals surface area contributed by atoms with E-state index in [2.05, 4.69) is 10.6 Å². The van der Waals surface area contributed by atoms with Crippen LogP contribution in [0, 0.1) is 5.92 Å². The van der Waals surface area contributed by atoms with Gasteiger partial charge in [0.05, 0.1) is 5.02 Å². The third-order valence-corrected chi connectivity index (χ3v) is 4.43. The lowest BCUT2D eigenvalue weighted by Crippen LogP contribution is -2.28.